The molecule has 0 bridgehead atoms. The van der Waals surface area contributed by atoms with E-state index in [0.29, 0.717) is 12.3 Å². The van der Waals surface area contributed by atoms with E-state index in [2.05, 4.69) is 10.3 Å². The van der Waals surface area contributed by atoms with Crippen LogP contribution >= 0.6 is 12.2 Å². The van der Waals surface area contributed by atoms with Crippen molar-refractivity contribution in [3.05, 3.63) is 0 Å². The van der Waals surface area contributed by atoms with Crippen molar-refractivity contribution in [3.8, 4) is 0 Å². The number of carbonyl (C=O) groups excluding carboxylic acids is 1. The summed E-state index contributed by atoms with van der Waals surface area (Å²) < 4.78 is 0. The number of amides is 1. The van der Waals surface area contributed by atoms with E-state index in [4.69, 9.17) is 12.2 Å². The van der Waals surface area contributed by atoms with Gasteiger partial charge in [-0.2, -0.15) is 0 Å². The maximum atomic E-state index is 11.6. The van der Waals surface area contributed by atoms with Crippen LogP contribution in [0.25, 0.3) is 0 Å². The van der Waals surface area contributed by atoms with E-state index >= 15 is 0 Å². The van der Waals surface area contributed by atoms with Crippen LogP contribution in [0.5, 0.6) is 0 Å². The third-order valence-corrected chi connectivity index (χ3v) is 2.81. The SMILES string of the molecule is CN(C)/C=N/C(=S)NC(=O)CC1CCCC1. The van der Waals surface area contributed by atoms with Gasteiger partial charge in [-0.1, -0.05) is 12.8 Å². The largest absolute Gasteiger partial charge is 0.369 e. The minimum Gasteiger partial charge on any atom is -0.369 e. The molecule has 0 aliphatic heterocycles. The molecule has 0 atom stereocenters. The minimum absolute atomic E-state index is 0.00666. The summed E-state index contributed by atoms with van der Waals surface area (Å²) in [6, 6.07) is 0. The average Bonchev–Trinajstić information content (AvgIpc) is 2.67. The molecule has 5 heteroatoms. The molecule has 0 aromatic rings. The second kappa shape index (κ2) is 6.58. The van der Waals surface area contributed by atoms with Gasteiger partial charge in [0.2, 0.25) is 11.0 Å². The topological polar surface area (TPSA) is 44.7 Å². The molecule has 1 N–H and O–H groups in total. The first-order valence-electron chi connectivity index (χ1n) is 5.62. The lowest BCUT2D eigenvalue weighted by atomic mass is 10.0. The molecule has 1 rings (SSSR count). The molecule has 1 aliphatic rings. The summed E-state index contributed by atoms with van der Waals surface area (Å²) in [5.74, 6) is 0.536. The van der Waals surface area contributed by atoms with E-state index in [1.165, 1.54) is 25.7 Å². The van der Waals surface area contributed by atoms with Gasteiger partial charge in [0.15, 0.2) is 0 Å². The predicted molar refractivity (Wildman–Crippen MR) is 69.5 cm³/mol. The lowest BCUT2D eigenvalue weighted by Crippen LogP contribution is -2.29. The third kappa shape index (κ3) is 5.21. The Hall–Kier alpha value is -0.970. The maximum Gasteiger partial charge on any atom is 0.226 e. The Balaban J connectivity index is 2.25. The summed E-state index contributed by atoms with van der Waals surface area (Å²) in [7, 11) is 3.71. The summed E-state index contributed by atoms with van der Waals surface area (Å²) >= 11 is 4.93. The zero-order valence-corrected chi connectivity index (χ0v) is 10.7. The van der Waals surface area contributed by atoms with E-state index in [0.717, 1.165) is 0 Å². The fraction of sp³-hybridized carbons (Fsp3) is 0.727. The summed E-state index contributed by atoms with van der Waals surface area (Å²) in [6.45, 7) is 0. The monoisotopic (exact) mass is 241 g/mol. The third-order valence-electron chi connectivity index (χ3n) is 2.60. The van der Waals surface area contributed by atoms with Crippen molar-refractivity contribution in [3.63, 3.8) is 0 Å². The molecule has 0 heterocycles. The smallest absolute Gasteiger partial charge is 0.226 e. The predicted octanol–water partition coefficient (Wildman–Crippen LogP) is 1.56. The molecule has 90 valence electrons. The van der Waals surface area contributed by atoms with Gasteiger partial charge in [0, 0.05) is 20.5 Å². The van der Waals surface area contributed by atoms with Gasteiger partial charge in [-0.15, -0.1) is 0 Å². The number of rotatable bonds is 3. The summed E-state index contributed by atoms with van der Waals surface area (Å²) in [4.78, 5) is 17.3. The van der Waals surface area contributed by atoms with Crippen molar-refractivity contribution in [1.82, 2.24) is 10.2 Å². The zero-order chi connectivity index (χ0) is 12.0. The van der Waals surface area contributed by atoms with Crippen molar-refractivity contribution in [1.29, 1.82) is 0 Å². The summed E-state index contributed by atoms with van der Waals surface area (Å²) in [5, 5.41) is 2.88. The Morgan fingerprint density at radius 2 is 2.12 bits per heavy atom. The van der Waals surface area contributed by atoms with Gasteiger partial charge in [0.25, 0.3) is 0 Å². The van der Waals surface area contributed by atoms with Crippen LogP contribution in [-0.2, 0) is 4.79 Å². The van der Waals surface area contributed by atoms with E-state index in [-0.39, 0.29) is 11.0 Å². The van der Waals surface area contributed by atoms with Gasteiger partial charge >= 0.3 is 0 Å². The van der Waals surface area contributed by atoms with Crippen LogP contribution in [0.1, 0.15) is 32.1 Å². The molecule has 1 aliphatic carbocycles. The van der Waals surface area contributed by atoms with Gasteiger partial charge in [-0.05, 0) is 31.0 Å². The highest BCUT2D eigenvalue weighted by atomic mass is 32.1. The van der Waals surface area contributed by atoms with Crippen LogP contribution in [0.4, 0.5) is 0 Å². The Bertz CT molecular complexity index is 283. The second-order valence-corrected chi connectivity index (χ2v) is 4.80. The van der Waals surface area contributed by atoms with E-state index in [9.17, 15) is 4.79 Å². The Morgan fingerprint density at radius 3 is 2.69 bits per heavy atom. The molecule has 1 amide bonds. The van der Waals surface area contributed by atoms with Crippen molar-refractivity contribution >= 4 is 29.6 Å². The van der Waals surface area contributed by atoms with Gasteiger partial charge in [0.1, 0.15) is 0 Å². The molecule has 4 nitrogen and oxygen atoms in total. The molecule has 16 heavy (non-hydrogen) atoms. The van der Waals surface area contributed by atoms with Crippen LogP contribution in [0.3, 0.4) is 0 Å². The first-order chi connectivity index (χ1) is 7.58. The number of hydrogen-bond donors (Lipinski definition) is 1. The molecule has 0 aromatic heterocycles. The molecule has 1 saturated carbocycles. The normalized spacial score (nSPS) is 16.6. The Kier molecular flexibility index (Phi) is 5.38. The second-order valence-electron chi connectivity index (χ2n) is 4.42. The molecule has 0 radical (unpaired) electrons. The standard InChI is InChI=1S/C11H19N3OS/c1-14(2)8-12-11(16)13-10(15)7-9-5-3-4-6-9/h8-9H,3-7H2,1-2H3,(H,13,15,16)/b12-8+. The highest BCUT2D eigenvalue weighted by Crippen LogP contribution is 2.27. The highest BCUT2D eigenvalue weighted by molar-refractivity contribution is 7.80. The van der Waals surface area contributed by atoms with Gasteiger partial charge in [-0.3, -0.25) is 4.79 Å². The number of hydrogen-bond acceptors (Lipinski definition) is 2. The van der Waals surface area contributed by atoms with E-state index in [1.807, 2.05) is 14.1 Å². The van der Waals surface area contributed by atoms with Crippen LogP contribution in [0, 0.1) is 5.92 Å². The molecular formula is C11H19N3OS. The van der Waals surface area contributed by atoms with E-state index < -0.39 is 0 Å². The van der Waals surface area contributed by atoms with Crippen LogP contribution in [0.2, 0.25) is 0 Å². The molecule has 1 fully saturated rings. The van der Waals surface area contributed by atoms with Crippen molar-refractivity contribution in [2.75, 3.05) is 14.1 Å². The first kappa shape index (κ1) is 13.1. The van der Waals surface area contributed by atoms with Gasteiger partial charge in [-0.25, -0.2) is 4.99 Å². The fourth-order valence-electron chi connectivity index (χ4n) is 1.85. The lowest BCUT2D eigenvalue weighted by molar-refractivity contribution is -0.120. The maximum absolute atomic E-state index is 11.6. The number of thiocarbonyl (C=S) groups is 1. The molecule has 0 saturated heterocycles. The summed E-state index contributed by atoms with van der Waals surface area (Å²) in [5.41, 5.74) is 0. The lowest BCUT2D eigenvalue weighted by Gasteiger charge is -2.08. The fourth-order valence-corrected chi connectivity index (χ4v) is 2.01. The number of carbonyl (C=O) groups is 1. The first-order valence-corrected chi connectivity index (χ1v) is 6.03. The minimum atomic E-state index is -0.00666. The van der Waals surface area contributed by atoms with Crippen LogP contribution in [-0.4, -0.2) is 36.4 Å². The molecule has 0 aromatic carbocycles. The number of aliphatic imine (C=N–C) groups is 1. The Morgan fingerprint density at radius 1 is 1.50 bits per heavy atom. The quantitative estimate of drug-likeness (QED) is 0.463. The zero-order valence-electron chi connectivity index (χ0n) is 9.90. The molecule has 0 unspecified atom stereocenters. The average molecular weight is 241 g/mol. The number of nitrogens with one attached hydrogen (secondary N) is 1. The van der Waals surface area contributed by atoms with Gasteiger partial charge < -0.3 is 10.2 Å². The van der Waals surface area contributed by atoms with Crippen LogP contribution in [0.15, 0.2) is 4.99 Å². The van der Waals surface area contributed by atoms with Gasteiger partial charge in [0.05, 0.1) is 6.34 Å². The van der Waals surface area contributed by atoms with E-state index in [1.54, 1.807) is 11.2 Å². The van der Waals surface area contributed by atoms with Crippen molar-refractivity contribution < 1.29 is 4.79 Å². The number of nitrogens with zero attached hydrogens (tertiary/aromatic N) is 2. The van der Waals surface area contributed by atoms with Crippen LogP contribution < -0.4 is 5.32 Å². The summed E-state index contributed by atoms with van der Waals surface area (Å²) in [6.07, 6.45) is 7.00. The molecular weight excluding hydrogens is 222 g/mol. The highest BCUT2D eigenvalue weighted by Gasteiger charge is 2.18. The van der Waals surface area contributed by atoms with Crippen molar-refractivity contribution in [2.45, 2.75) is 32.1 Å². The Labute approximate surface area is 102 Å². The van der Waals surface area contributed by atoms with Crippen molar-refractivity contribution in [2.24, 2.45) is 10.9 Å². The molecule has 0 spiro atoms.